The molecule has 0 fully saturated rings. The standard InChI is InChI=1S/C19H25FN4O3S.HI/c1-14(27-17-9-6-8-16(20)11-17)12-22-19(21-2)23-13-15-7-4-5-10-18(15)24-28(3,25)26;/h4-11,14,24H,12-13H2,1-3H3,(H2,21,22,23);1H. The average molecular weight is 536 g/mol. The van der Waals surface area contributed by atoms with Crippen molar-refractivity contribution in [2.24, 2.45) is 4.99 Å². The number of sulfonamides is 1. The van der Waals surface area contributed by atoms with E-state index in [2.05, 4.69) is 20.3 Å². The number of nitrogens with one attached hydrogen (secondary N) is 3. The molecule has 0 aliphatic heterocycles. The zero-order valence-corrected chi connectivity index (χ0v) is 19.6. The number of anilines is 1. The lowest BCUT2D eigenvalue weighted by molar-refractivity contribution is 0.223. The Balaban J connectivity index is 0.00000420. The molecule has 7 nitrogen and oxygen atoms in total. The molecule has 2 aromatic carbocycles. The molecule has 0 amide bonds. The first kappa shape index (κ1) is 25.0. The lowest BCUT2D eigenvalue weighted by Gasteiger charge is -2.18. The number of para-hydroxylation sites is 1. The minimum Gasteiger partial charge on any atom is -0.489 e. The van der Waals surface area contributed by atoms with E-state index in [0.29, 0.717) is 30.5 Å². The highest BCUT2D eigenvalue weighted by Crippen LogP contribution is 2.16. The molecule has 0 spiro atoms. The molecule has 1 atom stereocenters. The van der Waals surface area contributed by atoms with Crippen LogP contribution in [0.15, 0.2) is 53.5 Å². The smallest absolute Gasteiger partial charge is 0.229 e. The van der Waals surface area contributed by atoms with Crippen LogP contribution in [0.5, 0.6) is 5.75 Å². The van der Waals surface area contributed by atoms with Gasteiger partial charge in [0.15, 0.2) is 5.96 Å². The number of halogens is 2. The highest BCUT2D eigenvalue weighted by Gasteiger charge is 2.09. The van der Waals surface area contributed by atoms with Crippen LogP contribution in [0.25, 0.3) is 0 Å². The third kappa shape index (κ3) is 9.31. The molecule has 0 aliphatic carbocycles. The summed E-state index contributed by atoms with van der Waals surface area (Å²) in [6, 6.07) is 13.1. The molecular formula is C19H26FIN4O3S. The molecule has 0 bridgehead atoms. The van der Waals surface area contributed by atoms with Crippen LogP contribution in [0.1, 0.15) is 12.5 Å². The minimum atomic E-state index is -3.36. The van der Waals surface area contributed by atoms with Gasteiger partial charge in [-0.15, -0.1) is 24.0 Å². The number of hydrogen-bond donors (Lipinski definition) is 3. The van der Waals surface area contributed by atoms with E-state index in [1.54, 1.807) is 31.3 Å². The maximum atomic E-state index is 13.2. The summed E-state index contributed by atoms with van der Waals surface area (Å²) in [5.74, 6) is 0.637. The number of nitrogens with zero attached hydrogens (tertiary/aromatic N) is 1. The SMILES string of the molecule is CN=C(NCc1ccccc1NS(C)(=O)=O)NCC(C)Oc1cccc(F)c1.I. The van der Waals surface area contributed by atoms with Gasteiger partial charge in [-0.1, -0.05) is 24.3 Å². The third-order valence-electron chi connectivity index (χ3n) is 3.67. The van der Waals surface area contributed by atoms with Crippen LogP contribution in [0.2, 0.25) is 0 Å². The summed E-state index contributed by atoms with van der Waals surface area (Å²) in [6.45, 7) is 2.67. The quantitative estimate of drug-likeness (QED) is 0.274. The fourth-order valence-corrected chi connectivity index (χ4v) is 3.03. The highest BCUT2D eigenvalue weighted by molar-refractivity contribution is 14.0. The van der Waals surface area contributed by atoms with Gasteiger partial charge in [-0.2, -0.15) is 0 Å². The van der Waals surface area contributed by atoms with Gasteiger partial charge in [0, 0.05) is 19.7 Å². The zero-order valence-electron chi connectivity index (χ0n) is 16.5. The van der Waals surface area contributed by atoms with Crippen molar-refractivity contribution < 1.29 is 17.5 Å². The predicted molar refractivity (Wildman–Crippen MR) is 125 cm³/mol. The summed E-state index contributed by atoms with van der Waals surface area (Å²) in [6.07, 6.45) is 0.886. The van der Waals surface area contributed by atoms with Gasteiger partial charge in [0.1, 0.15) is 17.7 Å². The normalized spacial score (nSPS) is 12.5. The Hall–Kier alpha value is -2.08. The van der Waals surface area contributed by atoms with Crippen molar-refractivity contribution in [1.82, 2.24) is 10.6 Å². The van der Waals surface area contributed by atoms with E-state index >= 15 is 0 Å². The van der Waals surface area contributed by atoms with Gasteiger partial charge in [0.25, 0.3) is 0 Å². The van der Waals surface area contributed by atoms with Gasteiger partial charge in [0.05, 0.1) is 18.5 Å². The maximum absolute atomic E-state index is 13.2. The molecule has 0 heterocycles. The zero-order chi connectivity index (χ0) is 20.6. The molecule has 0 radical (unpaired) electrons. The molecule has 0 saturated carbocycles. The number of rotatable bonds is 8. The van der Waals surface area contributed by atoms with E-state index in [1.165, 1.54) is 12.1 Å². The summed E-state index contributed by atoms with van der Waals surface area (Å²) in [5, 5.41) is 6.25. The van der Waals surface area contributed by atoms with E-state index in [9.17, 15) is 12.8 Å². The predicted octanol–water partition coefficient (Wildman–Crippen LogP) is 2.95. The largest absolute Gasteiger partial charge is 0.489 e. The van der Waals surface area contributed by atoms with Gasteiger partial charge < -0.3 is 15.4 Å². The molecule has 160 valence electrons. The fourth-order valence-electron chi connectivity index (χ4n) is 2.43. The van der Waals surface area contributed by atoms with Crippen molar-refractivity contribution in [3.63, 3.8) is 0 Å². The van der Waals surface area contributed by atoms with Gasteiger partial charge >= 0.3 is 0 Å². The van der Waals surface area contributed by atoms with Crippen LogP contribution < -0.4 is 20.1 Å². The van der Waals surface area contributed by atoms with E-state index in [-0.39, 0.29) is 35.9 Å². The number of ether oxygens (including phenoxy) is 1. The highest BCUT2D eigenvalue weighted by atomic mass is 127. The van der Waals surface area contributed by atoms with E-state index in [1.807, 2.05) is 19.1 Å². The Bertz CT molecular complexity index is 925. The molecule has 2 rings (SSSR count). The molecular weight excluding hydrogens is 510 g/mol. The first-order valence-electron chi connectivity index (χ1n) is 8.69. The Labute approximate surface area is 188 Å². The summed E-state index contributed by atoms with van der Waals surface area (Å²) in [5.41, 5.74) is 1.29. The van der Waals surface area contributed by atoms with Crippen molar-refractivity contribution in [2.75, 3.05) is 24.6 Å². The van der Waals surface area contributed by atoms with Crippen LogP contribution in [0.3, 0.4) is 0 Å². The van der Waals surface area contributed by atoms with E-state index in [0.717, 1.165) is 11.8 Å². The minimum absolute atomic E-state index is 0. The fraction of sp³-hybridized carbons (Fsp3) is 0.316. The third-order valence-corrected chi connectivity index (χ3v) is 4.26. The van der Waals surface area contributed by atoms with Crippen molar-refractivity contribution in [3.8, 4) is 5.75 Å². The molecule has 1 unspecified atom stereocenters. The number of benzene rings is 2. The van der Waals surface area contributed by atoms with Crippen molar-refractivity contribution in [2.45, 2.75) is 19.6 Å². The van der Waals surface area contributed by atoms with Gasteiger partial charge in [-0.25, -0.2) is 12.8 Å². The molecule has 0 saturated heterocycles. The van der Waals surface area contributed by atoms with Crippen molar-refractivity contribution in [1.29, 1.82) is 0 Å². The number of aliphatic imine (C=N–C) groups is 1. The number of hydrogen-bond acceptors (Lipinski definition) is 4. The van der Waals surface area contributed by atoms with Gasteiger partial charge in [-0.3, -0.25) is 9.71 Å². The lowest BCUT2D eigenvalue weighted by Crippen LogP contribution is -2.41. The summed E-state index contributed by atoms with van der Waals surface area (Å²) < 4.78 is 44.4. The van der Waals surface area contributed by atoms with E-state index in [4.69, 9.17) is 4.74 Å². The molecule has 0 aliphatic rings. The topological polar surface area (TPSA) is 91.8 Å². The van der Waals surface area contributed by atoms with Crippen LogP contribution in [-0.4, -0.2) is 40.3 Å². The Morgan fingerprint density at radius 2 is 1.90 bits per heavy atom. The molecule has 3 N–H and O–H groups in total. The molecule has 29 heavy (non-hydrogen) atoms. The van der Waals surface area contributed by atoms with Crippen molar-refractivity contribution >= 4 is 45.6 Å². The van der Waals surface area contributed by atoms with Crippen LogP contribution in [-0.2, 0) is 16.6 Å². The second-order valence-electron chi connectivity index (χ2n) is 6.22. The van der Waals surface area contributed by atoms with Crippen LogP contribution in [0, 0.1) is 5.82 Å². The molecule has 2 aromatic rings. The van der Waals surface area contributed by atoms with Crippen LogP contribution >= 0.6 is 24.0 Å². The lowest BCUT2D eigenvalue weighted by atomic mass is 10.2. The molecule has 0 aromatic heterocycles. The monoisotopic (exact) mass is 536 g/mol. The summed E-state index contributed by atoms with van der Waals surface area (Å²) in [7, 11) is -1.73. The summed E-state index contributed by atoms with van der Waals surface area (Å²) >= 11 is 0. The Morgan fingerprint density at radius 1 is 1.17 bits per heavy atom. The summed E-state index contributed by atoms with van der Waals surface area (Å²) in [4.78, 5) is 4.14. The second-order valence-corrected chi connectivity index (χ2v) is 7.97. The molecule has 10 heteroatoms. The average Bonchev–Trinajstić information content (AvgIpc) is 2.62. The van der Waals surface area contributed by atoms with Crippen molar-refractivity contribution in [3.05, 3.63) is 59.9 Å². The van der Waals surface area contributed by atoms with E-state index < -0.39 is 10.0 Å². The van der Waals surface area contributed by atoms with Gasteiger partial charge in [-0.05, 0) is 30.7 Å². The van der Waals surface area contributed by atoms with Crippen LogP contribution in [0.4, 0.5) is 10.1 Å². The Morgan fingerprint density at radius 3 is 2.55 bits per heavy atom. The first-order valence-corrected chi connectivity index (χ1v) is 10.6. The Kier molecular flexibility index (Phi) is 10.2. The van der Waals surface area contributed by atoms with Gasteiger partial charge in [0.2, 0.25) is 10.0 Å². The second kappa shape index (κ2) is 11.8. The number of guanidine groups is 1. The first-order chi connectivity index (χ1) is 13.3. The maximum Gasteiger partial charge on any atom is 0.229 e.